The number of benzene rings is 3. The Bertz CT molecular complexity index is 1120. The Hall–Kier alpha value is -2.96. The van der Waals surface area contributed by atoms with Crippen LogP contribution in [-0.4, -0.2) is 28.0 Å². The summed E-state index contributed by atoms with van der Waals surface area (Å²) in [6.45, 7) is 0. The Kier molecular flexibility index (Phi) is 6.68. The zero-order chi connectivity index (χ0) is 23.6. The van der Waals surface area contributed by atoms with Gasteiger partial charge < -0.3 is 14.9 Å². The number of aliphatic carboxylic acids is 1. The van der Waals surface area contributed by atoms with Gasteiger partial charge in [0, 0.05) is 17.4 Å². The second-order valence-electron chi connectivity index (χ2n) is 8.30. The molecule has 3 aromatic carbocycles. The number of para-hydroxylation sites is 1. The summed E-state index contributed by atoms with van der Waals surface area (Å²) in [4.78, 5) is 12.2. The maximum absolute atomic E-state index is 16.3. The molecule has 0 saturated heterocycles. The fourth-order valence-electron chi connectivity index (χ4n) is 4.21. The van der Waals surface area contributed by atoms with Crippen LogP contribution in [0, 0.1) is 11.7 Å². The molecule has 1 aliphatic carbocycles. The van der Waals surface area contributed by atoms with E-state index in [1.807, 2.05) is 0 Å². The number of carboxylic acid groups (broad SMARTS) is 1. The van der Waals surface area contributed by atoms with Gasteiger partial charge in [-0.3, -0.25) is 0 Å². The highest BCUT2D eigenvalue weighted by atomic mass is 35.5. The molecule has 1 saturated carbocycles. The van der Waals surface area contributed by atoms with Crippen molar-refractivity contribution in [3.63, 3.8) is 0 Å². The first-order valence-corrected chi connectivity index (χ1v) is 11.0. The van der Waals surface area contributed by atoms with Gasteiger partial charge in [0.15, 0.2) is 11.6 Å². The van der Waals surface area contributed by atoms with E-state index in [9.17, 15) is 15.0 Å². The Labute approximate surface area is 195 Å². The van der Waals surface area contributed by atoms with Gasteiger partial charge >= 0.3 is 5.97 Å². The van der Waals surface area contributed by atoms with Crippen LogP contribution in [-0.2, 0) is 11.2 Å². The molecule has 0 heterocycles. The summed E-state index contributed by atoms with van der Waals surface area (Å²) in [7, 11) is 0. The number of halogens is 3. The van der Waals surface area contributed by atoms with E-state index < -0.39 is 35.9 Å². The average Bonchev–Trinajstić information content (AvgIpc) is 3.63. The van der Waals surface area contributed by atoms with Crippen LogP contribution >= 0.6 is 11.6 Å². The molecule has 3 aromatic rings. The zero-order valence-corrected chi connectivity index (χ0v) is 18.4. The maximum atomic E-state index is 16.3. The molecule has 0 unspecified atom stereocenters. The summed E-state index contributed by atoms with van der Waals surface area (Å²) >= 11 is 5.94. The van der Waals surface area contributed by atoms with E-state index >= 15 is 8.78 Å². The number of carboxylic acids is 1. The minimum absolute atomic E-state index is 0.0372. The highest BCUT2D eigenvalue weighted by Gasteiger charge is 2.57. The van der Waals surface area contributed by atoms with E-state index in [1.54, 1.807) is 54.6 Å². The molecule has 0 bridgehead atoms. The topological polar surface area (TPSA) is 66.8 Å². The van der Waals surface area contributed by atoms with Crippen molar-refractivity contribution in [1.29, 1.82) is 0 Å². The van der Waals surface area contributed by atoms with Gasteiger partial charge in [-0.25, -0.2) is 13.6 Å². The maximum Gasteiger partial charge on any atom is 0.344 e. The van der Waals surface area contributed by atoms with Crippen LogP contribution < -0.4 is 4.74 Å². The van der Waals surface area contributed by atoms with Gasteiger partial charge in [0.2, 0.25) is 5.67 Å². The number of aliphatic hydroxyl groups excluding tert-OH is 1. The first-order chi connectivity index (χ1) is 15.8. The fourth-order valence-corrected chi connectivity index (χ4v) is 4.33. The predicted octanol–water partition coefficient (Wildman–Crippen LogP) is 6.16. The lowest BCUT2D eigenvalue weighted by atomic mass is 9.75. The second kappa shape index (κ2) is 9.49. The molecule has 3 atom stereocenters. The van der Waals surface area contributed by atoms with Gasteiger partial charge in [0.05, 0.1) is 0 Å². The van der Waals surface area contributed by atoms with Crippen LogP contribution in [0.4, 0.5) is 8.78 Å². The minimum Gasteiger partial charge on any atom is -0.479 e. The van der Waals surface area contributed by atoms with Gasteiger partial charge in [-0.2, -0.15) is 0 Å². The summed E-state index contributed by atoms with van der Waals surface area (Å²) in [5, 5.41) is 21.2. The van der Waals surface area contributed by atoms with Crippen molar-refractivity contribution in [2.75, 3.05) is 0 Å². The van der Waals surface area contributed by atoms with Crippen molar-refractivity contribution in [1.82, 2.24) is 0 Å². The lowest BCUT2D eigenvalue weighted by Crippen LogP contribution is -2.52. The molecule has 4 rings (SSSR count). The van der Waals surface area contributed by atoms with Crippen LogP contribution in [0.15, 0.2) is 72.8 Å². The van der Waals surface area contributed by atoms with E-state index in [4.69, 9.17) is 16.3 Å². The summed E-state index contributed by atoms with van der Waals surface area (Å²) in [6, 6.07) is 19.2. The molecule has 2 N–H and O–H groups in total. The monoisotopic (exact) mass is 472 g/mol. The molecule has 0 radical (unpaired) electrons. The van der Waals surface area contributed by atoms with Crippen LogP contribution in [0.1, 0.15) is 29.9 Å². The average molecular weight is 473 g/mol. The first kappa shape index (κ1) is 23.2. The van der Waals surface area contributed by atoms with E-state index in [-0.39, 0.29) is 17.2 Å². The normalized spacial score (nSPS) is 17.1. The molecule has 0 amide bonds. The molecule has 0 aromatic heterocycles. The second-order valence-corrected chi connectivity index (χ2v) is 8.74. The van der Waals surface area contributed by atoms with Crippen LogP contribution in [0.25, 0.3) is 0 Å². The Balaban J connectivity index is 1.63. The SMILES string of the molecule is O=C(O)[C@](F)([C@@H](O)Cc1cccc(Oc2ccccc2)c1F)[C@@H](c1ccc(Cl)cc1)C1CC1. The van der Waals surface area contributed by atoms with Crippen molar-refractivity contribution < 1.29 is 28.5 Å². The van der Waals surface area contributed by atoms with Gasteiger partial charge in [-0.15, -0.1) is 0 Å². The molecule has 4 nitrogen and oxygen atoms in total. The van der Waals surface area contributed by atoms with Gasteiger partial charge in [-0.1, -0.05) is 54.1 Å². The largest absolute Gasteiger partial charge is 0.479 e. The smallest absolute Gasteiger partial charge is 0.344 e. The van der Waals surface area contributed by atoms with Crippen molar-refractivity contribution in [3.8, 4) is 11.5 Å². The molecule has 0 aliphatic heterocycles. The highest BCUT2D eigenvalue weighted by Crippen LogP contribution is 2.51. The zero-order valence-electron chi connectivity index (χ0n) is 17.6. The number of rotatable bonds is 9. The number of aliphatic hydroxyl groups is 1. The van der Waals surface area contributed by atoms with Crippen molar-refractivity contribution >= 4 is 17.6 Å². The Morgan fingerprint density at radius 3 is 2.33 bits per heavy atom. The van der Waals surface area contributed by atoms with Gasteiger partial charge in [0.1, 0.15) is 11.9 Å². The molecular weight excluding hydrogens is 450 g/mol. The van der Waals surface area contributed by atoms with Crippen LogP contribution in [0.2, 0.25) is 5.02 Å². The lowest BCUT2D eigenvalue weighted by Gasteiger charge is -2.35. The summed E-state index contributed by atoms with van der Waals surface area (Å²) in [6.07, 6.45) is -1.23. The fraction of sp³-hybridized carbons (Fsp3) is 0.269. The molecule has 33 heavy (non-hydrogen) atoms. The predicted molar refractivity (Wildman–Crippen MR) is 121 cm³/mol. The number of carbonyl (C=O) groups is 1. The number of ether oxygens (including phenoxy) is 1. The van der Waals surface area contributed by atoms with Gasteiger partial charge in [-0.05, 0) is 60.2 Å². The number of hydrogen-bond acceptors (Lipinski definition) is 3. The molecule has 0 spiro atoms. The van der Waals surface area contributed by atoms with E-state index in [0.29, 0.717) is 29.2 Å². The third-order valence-corrected chi connectivity index (χ3v) is 6.27. The van der Waals surface area contributed by atoms with Crippen molar-refractivity contribution in [2.45, 2.75) is 37.0 Å². The van der Waals surface area contributed by atoms with Crippen LogP contribution in [0.3, 0.4) is 0 Å². The highest BCUT2D eigenvalue weighted by molar-refractivity contribution is 6.30. The summed E-state index contributed by atoms with van der Waals surface area (Å²) in [5.74, 6) is -3.56. The standard InChI is InChI=1S/C26H23ClF2O4/c27-19-13-11-17(12-14-19)23(16-9-10-16)26(29,25(31)32)22(30)15-18-5-4-8-21(24(18)28)33-20-6-2-1-3-7-20/h1-8,11-14,16,22-23,30H,9-10,15H2,(H,31,32)/t22-,23+,26-/m0/s1. The van der Waals surface area contributed by atoms with Gasteiger partial charge in [0.25, 0.3) is 0 Å². The Morgan fingerprint density at radius 2 is 1.73 bits per heavy atom. The van der Waals surface area contributed by atoms with Crippen molar-refractivity contribution in [3.05, 3.63) is 94.8 Å². The molecular formula is C26H23ClF2O4. The van der Waals surface area contributed by atoms with Crippen LogP contribution in [0.5, 0.6) is 11.5 Å². The third kappa shape index (κ3) is 4.87. The summed E-state index contributed by atoms with van der Waals surface area (Å²) in [5.41, 5.74) is -2.62. The lowest BCUT2D eigenvalue weighted by molar-refractivity contribution is -0.163. The quantitative estimate of drug-likeness (QED) is 0.391. The summed E-state index contributed by atoms with van der Waals surface area (Å²) < 4.78 is 37.0. The minimum atomic E-state index is -3.02. The Morgan fingerprint density at radius 1 is 1.06 bits per heavy atom. The van der Waals surface area contributed by atoms with E-state index in [0.717, 1.165) is 0 Å². The number of hydrogen-bond donors (Lipinski definition) is 2. The van der Waals surface area contributed by atoms with Crippen molar-refractivity contribution in [2.24, 2.45) is 5.92 Å². The number of alkyl halides is 1. The molecule has 1 aliphatic rings. The third-order valence-electron chi connectivity index (χ3n) is 6.02. The molecule has 172 valence electrons. The molecule has 1 fully saturated rings. The first-order valence-electron chi connectivity index (χ1n) is 10.7. The van der Waals surface area contributed by atoms with E-state index in [1.165, 1.54) is 18.2 Å². The van der Waals surface area contributed by atoms with E-state index in [2.05, 4.69) is 0 Å². The molecule has 7 heteroatoms.